The molecule has 0 amide bonds. The van der Waals surface area contributed by atoms with Crippen LogP contribution in [0.2, 0.25) is 0 Å². The van der Waals surface area contributed by atoms with E-state index in [1.807, 2.05) is 26.8 Å². The Balaban J connectivity index is 2.45. The third kappa shape index (κ3) is 4.56. The van der Waals surface area contributed by atoms with Crippen LogP contribution in [0.15, 0.2) is 23.8 Å². The summed E-state index contributed by atoms with van der Waals surface area (Å²) in [6.45, 7) is 15.4. The number of Topliss-reactive ketones (excluding diaryl/α,β-unsaturated/α-hetero) is 1. The van der Waals surface area contributed by atoms with E-state index in [4.69, 9.17) is 9.47 Å². The summed E-state index contributed by atoms with van der Waals surface area (Å²) < 4.78 is 11.6. The summed E-state index contributed by atoms with van der Waals surface area (Å²) in [4.78, 5) is 36.9. The van der Waals surface area contributed by atoms with Gasteiger partial charge in [0.1, 0.15) is 18.0 Å². The van der Waals surface area contributed by atoms with Crippen molar-refractivity contribution >= 4 is 17.7 Å². The summed E-state index contributed by atoms with van der Waals surface area (Å²) >= 11 is 0. The topological polar surface area (TPSA) is 69.7 Å². The molecule has 5 heteroatoms. The zero-order valence-electron chi connectivity index (χ0n) is 18.0. The van der Waals surface area contributed by atoms with E-state index in [2.05, 4.69) is 20.4 Å². The molecule has 2 fully saturated rings. The van der Waals surface area contributed by atoms with Crippen molar-refractivity contribution in [2.45, 2.75) is 79.4 Å². The van der Waals surface area contributed by atoms with Crippen molar-refractivity contribution in [2.24, 2.45) is 23.2 Å². The molecule has 0 spiro atoms. The highest BCUT2D eigenvalue weighted by atomic mass is 16.6. The summed E-state index contributed by atoms with van der Waals surface area (Å²) in [7, 11) is 0. The molecule has 2 aliphatic carbocycles. The summed E-state index contributed by atoms with van der Waals surface area (Å²) in [6.07, 6.45) is 2.45. The normalized spacial score (nSPS) is 35.7. The molecule has 0 aromatic rings. The third-order valence-corrected chi connectivity index (χ3v) is 6.85. The molecule has 6 unspecified atom stereocenters. The van der Waals surface area contributed by atoms with Crippen LogP contribution < -0.4 is 0 Å². The number of carbonyl (C=O) groups excluding carboxylic acids is 3. The first-order valence-electron chi connectivity index (χ1n) is 10.1. The standard InChI is InChI=1S/C23H34O5/c1-8-14(4)9-20(26)28-22-19-11-17(25)10-15(5)23(19,7)12-18(13(2)3)21(22)27-16(6)24/h8,15,18-19,21-22H,2,9-12H2,1,3-7H3. The Hall–Kier alpha value is -1.91. The molecule has 0 aliphatic heterocycles. The highest BCUT2D eigenvalue weighted by Gasteiger charge is 2.58. The van der Waals surface area contributed by atoms with E-state index in [-0.39, 0.29) is 41.3 Å². The van der Waals surface area contributed by atoms with Gasteiger partial charge in [0.05, 0.1) is 6.42 Å². The maximum Gasteiger partial charge on any atom is 0.310 e. The van der Waals surface area contributed by atoms with E-state index in [0.717, 1.165) is 17.6 Å². The monoisotopic (exact) mass is 390 g/mol. The van der Waals surface area contributed by atoms with Gasteiger partial charge in [-0.1, -0.05) is 37.6 Å². The van der Waals surface area contributed by atoms with Gasteiger partial charge in [-0.15, -0.1) is 0 Å². The molecule has 0 N–H and O–H groups in total. The van der Waals surface area contributed by atoms with Crippen molar-refractivity contribution < 1.29 is 23.9 Å². The number of fused-ring (bicyclic) bond motifs is 1. The lowest BCUT2D eigenvalue weighted by atomic mass is 9.51. The second-order valence-corrected chi connectivity index (χ2v) is 8.96. The predicted octanol–water partition coefficient (Wildman–Crippen LogP) is 4.40. The largest absolute Gasteiger partial charge is 0.458 e. The number of rotatable bonds is 5. The number of hydrogen-bond donors (Lipinski definition) is 0. The molecule has 0 aromatic heterocycles. The number of esters is 2. The van der Waals surface area contributed by atoms with Crippen LogP contribution in [0, 0.1) is 23.2 Å². The van der Waals surface area contributed by atoms with Gasteiger partial charge in [-0.2, -0.15) is 0 Å². The Morgan fingerprint density at radius 1 is 1.18 bits per heavy atom. The van der Waals surface area contributed by atoms with Crippen molar-refractivity contribution in [1.29, 1.82) is 0 Å². The van der Waals surface area contributed by atoms with Gasteiger partial charge < -0.3 is 9.47 Å². The molecule has 0 radical (unpaired) electrons. The van der Waals surface area contributed by atoms with Gasteiger partial charge >= 0.3 is 11.9 Å². The van der Waals surface area contributed by atoms with Crippen molar-refractivity contribution in [1.82, 2.24) is 0 Å². The summed E-state index contributed by atoms with van der Waals surface area (Å²) in [5, 5.41) is 0. The van der Waals surface area contributed by atoms with Crippen molar-refractivity contribution in [3.8, 4) is 0 Å². The average Bonchev–Trinajstić information content (AvgIpc) is 2.58. The number of ketones is 1. The van der Waals surface area contributed by atoms with E-state index in [1.165, 1.54) is 6.92 Å². The molecule has 2 rings (SSSR count). The Labute approximate surface area is 168 Å². The number of ether oxygens (including phenoxy) is 2. The van der Waals surface area contributed by atoms with Crippen molar-refractivity contribution in [3.05, 3.63) is 23.8 Å². The zero-order valence-corrected chi connectivity index (χ0v) is 18.0. The minimum Gasteiger partial charge on any atom is -0.458 e. The highest BCUT2D eigenvalue weighted by Crippen LogP contribution is 2.56. The molecular weight excluding hydrogens is 356 g/mol. The number of allylic oxidation sites excluding steroid dienone is 1. The Kier molecular flexibility index (Phi) is 6.89. The van der Waals surface area contributed by atoms with Crippen molar-refractivity contribution in [2.75, 3.05) is 0 Å². The lowest BCUT2D eigenvalue weighted by Crippen LogP contribution is -2.59. The maximum atomic E-state index is 12.6. The molecule has 0 saturated heterocycles. The highest BCUT2D eigenvalue weighted by molar-refractivity contribution is 5.80. The second-order valence-electron chi connectivity index (χ2n) is 8.96. The summed E-state index contributed by atoms with van der Waals surface area (Å²) in [5.41, 5.74) is 1.63. The fraction of sp³-hybridized carbons (Fsp3) is 0.696. The molecule has 2 aliphatic rings. The molecule has 0 heterocycles. The fourth-order valence-electron chi connectivity index (χ4n) is 4.86. The average molecular weight is 391 g/mol. The molecule has 28 heavy (non-hydrogen) atoms. The second kappa shape index (κ2) is 8.62. The van der Waals surface area contributed by atoms with Gasteiger partial charge in [0, 0.05) is 31.6 Å². The van der Waals surface area contributed by atoms with E-state index in [9.17, 15) is 14.4 Å². The first-order valence-corrected chi connectivity index (χ1v) is 10.1. The van der Waals surface area contributed by atoms with Gasteiger partial charge in [0.15, 0.2) is 0 Å². The van der Waals surface area contributed by atoms with E-state index in [1.54, 1.807) is 0 Å². The van der Waals surface area contributed by atoms with E-state index < -0.39 is 18.2 Å². The lowest BCUT2D eigenvalue weighted by molar-refractivity contribution is -0.201. The van der Waals surface area contributed by atoms with Crippen molar-refractivity contribution in [3.63, 3.8) is 0 Å². The molecule has 5 nitrogen and oxygen atoms in total. The fourth-order valence-corrected chi connectivity index (χ4v) is 4.86. The quantitative estimate of drug-likeness (QED) is 0.514. The van der Waals surface area contributed by atoms with E-state index in [0.29, 0.717) is 12.8 Å². The predicted molar refractivity (Wildman–Crippen MR) is 107 cm³/mol. The van der Waals surface area contributed by atoms with Gasteiger partial charge in [0.25, 0.3) is 0 Å². The van der Waals surface area contributed by atoms with Crippen LogP contribution in [0.25, 0.3) is 0 Å². The van der Waals surface area contributed by atoms with E-state index >= 15 is 0 Å². The van der Waals surface area contributed by atoms with Gasteiger partial charge in [0.2, 0.25) is 0 Å². The van der Waals surface area contributed by atoms with Crippen LogP contribution in [-0.4, -0.2) is 29.9 Å². The number of hydrogen-bond acceptors (Lipinski definition) is 5. The SMILES string of the molecule is C=C(C)C1CC2(C)C(C)CC(=O)CC2C(OC(=O)CC(C)=CC)C1OC(C)=O. The zero-order chi connectivity index (χ0) is 21.2. The number of carbonyl (C=O) groups is 3. The Bertz CT molecular complexity index is 691. The summed E-state index contributed by atoms with van der Waals surface area (Å²) in [5.74, 6) is -0.706. The third-order valence-electron chi connectivity index (χ3n) is 6.85. The first kappa shape index (κ1) is 22.4. The van der Waals surface area contributed by atoms with Crippen LogP contribution >= 0.6 is 0 Å². The van der Waals surface area contributed by atoms with Crippen LogP contribution in [0.5, 0.6) is 0 Å². The summed E-state index contributed by atoms with van der Waals surface area (Å²) in [6, 6.07) is 0. The van der Waals surface area contributed by atoms with Crippen LogP contribution in [-0.2, 0) is 23.9 Å². The van der Waals surface area contributed by atoms with Crippen LogP contribution in [0.1, 0.15) is 67.2 Å². The van der Waals surface area contributed by atoms with Crippen LogP contribution in [0.3, 0.4) is 0 Å². The minimum atomic E-state index is -0.645. The first-order chi connectivity index (χ1) is 13.0. The molecule has 6 atom stereocenters. The minimum absolute atomic E-state index is 0.110. The molecular formula is C23H34O5. The lowest BCUT2D eigenvalue weighted by Gasteiger charge is -2.56. The molecule has 2 saturated carbocycles. The smallest absolute Gasteiger partial charge is 0.310 e. The molecule has 0 aromatic carbocycles. The Morgan fingerprint density at radius 2 is 1.82 bits per heavy atom. The molecule has 156 valence electrons. The van der Waals surface area contributed by atoms with Gasteiger partial charge in [-0.25, -0.2) is 0 Å². The maximum absolute atomic E-state index is 12.6. The Morgan fingerprint density at radius 3 is 2.36 bits per heavy atom. The molecule has 0 bridgehead atoms. The van der Waals surface area contributed by atoms with Crippen LogP contribution in [0.4, 0.5) is 0 Å². The van der Waals surface area contributed by atoms with Gasteiger partial charge in [-0.3, -0.25) is 14.4 Å². The van der Waals surface area contributed by atoms with Gasteiger partial charge in [-0.05, 0) is 38.5 Å².